The Morgan fingerprint density at radius 1 is 0.737 bits per heavy atom. The summed E-state index contributed by atoms with van der Waals surface area (Å²) in [4.78, 5) is 0. The van der Waals surface area contributed by atoms with E-state index < -0.39 is 0 Å². The SMILES string of the molecule is Cl.NC(N)=N/N=C/c1ccc(/C=N/N=C(N)N)cc1. The molecule has 0 saturated carbocycles. The van der Waals surface area contributed by atoms with Gasteiger partial charge in [-0.15, -0.1) is 22.6 Å². The van der Waals surface area contributed by atoms with Crippen molar-refractivity contribution in [3.8, 4) is 0 Å². The van der Waals surface area contributed by atoms with Gasteiger partial charge in [0.05, 0.1) is 12.4 Å². The summed E-state index contributed by atoms with van der Waals surface area (Å²) in [7, 11) is 0. The smallest absolute Gasteiger partial charge is 0.211 e. The number of hydrogen-bond donors (Lipinski definition) is 4. The van der Waals surface area contributed by atoms with E-state index in [2.05, 4.69) is 20.4 Å². The molecule has 9 heteroatoms. The fourth-order valence-electron chi connectivity index (χ4n) is 0.993. The van der Waals surface area contributed by atoms with Crippen molar-refractivity contribution in [3.05, 3.63) is 35.4 Å². The molecule has 102 valence electrons. The standard InChI is InChI=1S/C10H14N8.ClH/c11-9(12)17-15-5-7-1-2-8(4-3-7)6-16-18-10(13)14;/h1-6H,(H4,11,12,17)(H4,13,14,18);1H/b15-5+,16-6+;. The van der Waals surface area contributed by atoms with E-state index in [0.717, 1.165) is 11.1 Å². The van der Waals surface area contributed by atoms with Crippen LogP contribution in [0.2, 0.25) is 0 Å². The predicted molar refractivity (Wildman–Crippen MR) is 80.5 cm³/mol. The van der Waals surface area contributed by atoms with Crippen molar-refractivity contribution in [2.45, 2.75) is 0 Å². The van der Waals surface area contributed by atoms with Crippen molar-refractivity contribution in [1.82, 2.24) is 0 Å². The van der Waals surface area contributed by atoms with Crippen LogP contribution in [0.5, 0.6) is 0 Å². The number of nitrogens with zero attached hydrogens (tertiary/aromatic N) is 4. The maximum absolute atomic E-state index is 5.12. The van der Waals surface area contributed by atoms with E-state index in [1.54, 1.807) is 0 Å². The monoisotopic (exact) mass is 282 g/mol. The van der Waals surface area contributed by atoms with Crippen molar-refractivity contribution in [2.24, 2.45) is 43.3 Å². The Kier molecular flexibility index (Phi) is 7.31. The average Bonchev–Trinajstić information content (AvgIpc) is 2.30. The minimum absolute atomic E-state index is 0. The Balaban J connectivity index is 0.00000324. The summed E-state index contributed by atoms with van der Waals surface area (Å²) in [5.74, 6) is -0.181. The molecule has 8 nitrogen and oxygen atoms in total. The number of benzene rings is 1. The molecule has 1 aromatic rings. The lowest BCUT2D eigenvalue weighted by Gasteiger charge is -1.93. The zero-order valence-electron chi connectivity index (χ0n) is 9.97. The van der Waals surface area contributed by atoms with Gasteiger partial charge in [0.25, 0.3) is 0 Å². The summed E-state index contributed by atoms with van der Waals surface area (Å²) < 4.78 is 0. The van der Waals surface area contributed by atoms with E-state index in [9.17, 15) is 0 Å². The highest BCUT2D eigenvalue weighted by Crippen LogP contribution is 2.00. The minimum atomic E-state index is -0.0905. The van der Waals surface area contributed by atoms with Crippen LogP contribution < -0.4 is 22.9 Å². The van der Waals surface area contributed by atoms with Gasteiger partial charge in [0.2, 0.25) is 11.9 Å². The molecule has 0 radical (unpaired) electrons. The predicted octanol–water partition coefficient (Wildman–Crippen LogP) is -0.677. The highest BCUT2D eigenvalue weighted by Gasteiger charge is 1.89. The summed E-state index contributed by atoms with van der Waals surface area (Å²) in [6, 6.07) is 7.29. The van der Waals surface area contributed by atoms with Crippen molar-refractivity contribution in [3.63, 3.8) is 0 Å². The number of guanidine groups is 2. The molecule has 0 aliphatic rings. The van der Waals surface area contributed by atoms with Gasteiger partial charge < -0.3 is 22.9 Å². The molecule has 1 rings (SSSR count). The second kappa shape index (κ2) is 8.48. The van der Waals surface area contributed by atoms with Crippen LogP contribution in [-0.2, 0) is 0 Å². The molecule has 0 unspecified atom stereocenters. The third-order valence-electron chi connectivity index (χ3n) is 1.70. The summed E-state index contributed by atoms with van der Waals surface area (Å²) in [5.41, 5.74) is 22.2. The first kappa shape index (κ1) is 16.4. The van der Waals surface area contributed by atoms with E-state index in [0.29, 0.717) is 0 Å². The number of rotatable bonds is 4. The van der Waals surface area contributed by atoms with Gasteiger partial charge in [-0.3, -0.25) is 0 Å². The molecule has 19 heavy (non-hydrogen) atoms. The summed E-state index contributed by atoms with van der Waals surface area (Å²) in [6.07, 6.45) is 3.05. The first-order chi connectivity index (χ1) is 8.58. The summed E-state index contributed by atoms with van der Waals surface area (Å²) >= 11 is 0. The lowest BCUT2D eigenvalue weighted by atomic mass is 10.2. The maximum atomic E-state index is 5.12. The number of halogens is 1. The van der Waals surface area contributed by atoms with Gasteiger partial charge in [-0.2, -0.15) is 10.2 Å². The van der Waals surface area contributed by atoms with E-state index in [1.165, 1.54) is 12.4 Å². The second-order valence-electron chi connectivity index (χ2n) is 3.21. The maximum Gasteiger partial charge on any atom is 0.211 e. The van der Waals surface area contributed by atoms with Gasteiger partial charge >= 0.3 is 0 Å². The fraction of sp³-hybridized carbons (Fsp3) is 0. The van der Waals surface area contributed by atoms with Crippen LogP contribution in [0.3, 0.4) is 0 Å². The van der Waals surface area contributed by atoms with E-state index in [-0.39, 0.29) is 24.3 Å². The summed E-state index contributed by atoms with van der Waals surface area (Å²) in [6.45, 7) is 0. The van der Waals surface area contributed by atoms with Gasteiger partial charge in [0, 0.05) is 0 Å². The molecule has 0 spiro atoms. The quantitative estimate of drug-likeness (QED) is 0.328. The van der Waals surface area contributed by atoms with E-state index >= 15 is 0 Å². The van der Waals surface area contributed by atoms with Gasteiger partial charge in [0.15, 0.2) is 0 Å². The molecule has 0 fully saturated rings. The molecular weight excluding hydrogens is 268 g/mol. The zero-order valence-corrected chi connectivity index (χ0v) is 10.8. The van der Waals surface area contributed by atoms with Crippen molar-refractivity contribution in [2.75, 3.05) is 0 Å². The van der Waals surface area contributed by atoms with Gasteiger partial charge in [-0.25, -0.2) is 0 Å². The number of nitrogens with two attached hydrogens (primary N) is 4. The third-order valence-corrected chi connectivity index (χ3v) is 1.70. The lowest BCUT2D eigenvalue weighted by Crippen LogP contribution is -2.21. The first-order valence-corrected chi connectivity index (χ1v) is 4.92. The van der Waals surface area contributed by atoms with Crippen molar-refractivity contribution >= 4 is 36.8 Å². The Labute approximate surface area is 116 Å². The minimum Gasteiger partial charge on any atom is -0.369 e. The molecule has 0 atom stereocenters. The molecule has 0 saturated heterocycles. The molecule has 1 aromatic carbocycles. The van der Waals surface area contributed by atoms with Crippen LogP contribution in [0, 0.1) is 0 Å². The normalized spacial score (nSPS) is 10.1. The highest BCUT2D eigenvalue weighted by molar-refractivity contribution is 5.85. The first-order valence-electron chi connectivity index (χ1n) is 4.92. The zero-order chi connectivity index (χ0) is 13.4. The summed E-state index contributed by atoms with van der Waals surface area (Å²) in [5, 5.41) is 14.3. The molecule has 0 aromatic heterocycles. The Morgan fingerprint density at radius 3 is 1.32 bits per heavy atom. The number of hydrogen-bond acceptors (Lipinski definition) is 4. The van der Waals surface area contributed by atoms with Gasteiger partial charge in [-0.05, 0) is 11.1 Å². The highest BCUT2D eigenvalue weighted by atomic mass is 35.5. The molecular formula is C10H15ClN8. The van der Waals surface area contributed by atoms with Crippen LogP contribution in [0.1, 0.15) is 11.1 Å². The fourth-order valence-corrected chi connectivity index (χ4v) is 0.993. The van der Waals surface area contributed by atoms with E-state index in [1.807, 2.05) is 24.3 Å². The Hall–Kier alpha value is -2.61. The van der Waals surface area contributed by atoms with Crippen LogP contribution >= 0.6 is 12.4 Å². The van der Waals surface area contributed by atoms with Gasteiger partial charge in [-0.1, -0.05) is 24.3 Å². The molecule has 8 N–H and O–H groups in total. The van der Waals surface area contributed by atoms with Crippen LogP contribution in [0.4, 0.5) is 0 Å². The molecule has 0 aliphatic carbocycles. The van der Waals surface area contributed by atoms with Crippen molar-refractivity contribution < 1.29 is 0 Å². The van der Waals surface area contributed by atoms with Crippen LogP contribution in [0.25, 0.3) is 0 Å². The largest absolute Gasteiger partial charge is 0.369 e. The molecule has 0 aliphatic heterocycles. The Bertz CT molecular complexity index is 448. The topological polar surface area (TPSA) is 154 Å². The van der Waals surface area contributed by atoms with E-state index in [4.69, 9.17) is 22.9 Å². The average molecular weight is 283 g/mol. The van der Waals surface area contributed by atoms with Crippen LogP contribution in [0.15, 0.2) is 44.7 Å². The van der Waals surface area contributed by atoms with Gasteiger partial charge in [0.1, 0.15) is 0 Å². The molecule has 0 bridgehead atoms. The molecule has 0 amide bonds. The van der Waals surface area contributed by atoms with Crippen molar-refractivity contribution in [1.29, 1.82) is 0 Å². The second-order valence-corrected chi connectivity index (χ2v) is 3.21. The third kappa shape index (κ3) is 7.34. The Morgan fingerprint density at radius 2 is 1.05 bits per heavy atom. The lowest BCUT2D eigenvalue weighted by molar-refractivity contribution is 1.21. The molecule has 0 heterocycles. The van der Waals surface area contributed by atoms with Crippen LogP contribution in [-0.4, -0.2) is 24.3 Å².